The smallest absolute Gasteiger partial charge is 0.0962 e. The molecule has 17 heavy (non-hydrogen) atoms. The molecule has 0 aliphatic heterocycles. The molecule has 1 heterocycles. The van der Waals surface area contributed by atoms with Gasteiger partial charge in [0.05, 0.1) is 17.9 Å². The Hall–Kier alpha value is -0.870. The fourth-order valence-corrected chi connectivity index (χ4v) is 2.51. The highest BCUT2D eigenvalue weighted by Crippen LogP contribution is 2.41. The average Bonchev–Trinajstić information content (AvgIpc) is 3.05. The summed E-state index contributed by atoms with van der Waals surface area (Å²) in [6.45, 7) is 5.31. The Morgan fingerprint density at radius 2 is 2.29 bits per heavy atom. The number of methoxy groups -OCH3 is 1. The van der Waals surface area contributed by atoms with Crippen LogP contribution in [0, 0.1) is 12.8 Å². The van der Waals surface area contributed by atoms with E-state index in [1.54, 1.807) is 7.11 Å². The summed E-state index contributed by atoms with van der Waals surface area (Å²) in [7, 11) is 1.65. The van der Waals surface area contributed by atoms with Gasteiger partial charge in [0.25, 0.3) is 0 Å². The Bertz CT molecular complexity index is 385. The van der Waals surface area contributed by atoms with Crippen molar-refractivity contribution in [3.8, 4) is 0 Å². The number of hydrogen-bond acceptors (Lipinski definition) is 3. The van der Waals surface area contributed by atoms with Crippen molar-refractivity contribution in [3.63, 3.8) is 0 Å². The summed E-state index contributed by atoms with van der Waals surface area (Å²) < 4.78 is 7.15. The summed E-state index contributed by atoms with van der Waals surface area (Å²) in [6, 6.07) is 2.06. The maximum Gasteiger partial charge on any atom is 0.0962 e. The molecule has 1 aromatic rings. The van der Waals surface area contributed by atoms with Gasteiger partial charge in [-0.3, -0.25) is 4.68 Å². The van der Waals surface area contributed by atoms with E-state index in [1.165, 1.54) is 0 Å². The summed E-state index contributed by atoms with van der Waals surface area (Å²) in [5.41, 5.74) is 1.41. The second-order valence-electron chi connectivity index (χ2n) is 5.08. The Morgan fingerprint density at radius 1 is 1.59 bits per heavy atom. The van der Waals surface area contributed by atoms with E-state index in [1.807, 2.05) is 11.6 Å². The SMILES string of the molecule is CCn1nc(C)cc1CC(O)(COC)C1CC1. The van der Waals surface area contributed by atoms with Crippen LogP contribution in [0.3, 0.4) is 0 Å². The van der Waals surface area contributed by atoms with E-state index in [4.69, 9.17) is 4.74 Å². The van der Waals surface area contributed by atoms with E-state index in [-0.39, 0.29) is 0 Å². The molecule has 2 rings (SSSR count). The number of aliphatic hydroxyl groups is 1. The molecule has 1 aliphatic carbocycles. The van der Waals surface area contributed by atoms with Gasteiger partial charge in [-0.05, 0) is 38.7 Å². The maximum atomic E-state index is 10.7. The lowest BCUT2D eigenvalue weighted by Crippen LogP contribution is -2.39. The van der Waals surface area contributed by atoms with Gasteiger partial charge in [0.2, 0.25) is 0 Å². The predicted molar refractivity (Wildman–Crippen MR) is 65.9 cm³/mol. The Kier molecular flexibility index (Phi) is 3.54. The molecular formula is C13H22N2O2. The highest BCUT2D eigenvalue weighted by Gasteiger charge is 2.44. The molecule has 96 valence electrons. The molecule has 1 unspecified atom stereocenters. The van der Waals surface area contributed by atoms with Crippen LogP contribution in [0.4, 0.5) is 0 Å². The second kappa shape index (κ2) is 4.78. The number of aromatic nitrogens is 2. The fourth-order valence-electron chi connectivity index (χ4n) is 2.51. The lowest BCUT2D eigenvalue weighted by Gasteiger charge is -2.27. The van der Waals surface area contributed by atoms with E-state index >= 15 is 0 Å². The van der Waals surface area contributed by atoms with Crippen molar-refractivity contribution in [2.24, 2.45) is 5.92 Å². The molecule has 0 aromatic carbocycles. The Labute approximate surface area is 103 Å². The zero-order chi connectivity index (χ0) is 12.5. The molecule has 1 saturated carbocycles. The molecule has 0 radical (unpaired) electrons. The van der Waals surface area contributed by atoms with Gasteiger partial charge in [0, 0.05) is 25.8 Å². The highest BCUT2D eigenvalue weighted by atomic mass is 16.5. The minimum atomic E-state index is -0.714. The van der Waals surface area contributed by atoms with Gasteiger partial charge in [-0.2, -0.15) is 5.10 Å². The molecule has 4 nitrogen and oxygen atoms in total. The minimum absolute atomic E-state index is 0.392. The van der Waals surface area contributed by atoms with Crippen LogP contribution in [0.1, 0.15) is 31.2 Å². The van der Waals surface area contributed by atoms with E-state index in [0.717, 1.165) is 30.8 Å². The fraction of sp³-hybridized carbons (Fsp3) is 0.769. The Morgan fingerprint density at radius 3 is 2.82 bits per heavy atom. The van der Waals surface area contributed by atoms with Crippen LogP contribution in [-0.2, 0) is 17.7 Å². The third-order valence-corrected chi connectivity index (χ3v) is 3.50. The van der Waals surface area contributed by atoms with Crippen LogP contribution >= 0.6 is 0 Å². The Balaban J connectivity index is 2.16. The van der Waals surface area contributed by atoms with Crippen molar-refractivity contribution in [3.05, 3.63) is 17.5 Å². The van der Waals surface area contributed by atoms with Crippen LogP contribution in [0.5, 0.6) is 0 Å². The van der Waals surface area contributed by atoms with Crippen LogP contribution in [0.25, 0.3) is 0 Å². The molecular weight excluding hydrogens is 216 g/mol. The molecule has 0 amide bonds. The number of hydrogen-bond donors (Lipinski definition) is 1. The molecule has 1 N–H and O–H groups in total. The van der Waals surface area contributed by atoms with E-state index in [0.29, 0.717) is 18.9 Å². The molecule has 1 aliphatic rings. The molecule has 1 aromatic heterocycles. The second-order valence-corrected chi connectivity index (χ2v) is 5.08. The van der Waals surface area contributed by atoms with E-state index < -0.39 is 5.60 Å². The van der Waals surface area contributed by atoms with Gasteiger partial charge in [0.1, 0.15) is 0 Å². The highest BCUT2D eigenvalue weighted by molar-refractivity contribution is 5.14. The summed E-state index contributed by atoms with van der Waals surface area (Å²) in [6.07, 6.45) is 2.86. The van der Waals surface area contributed by atoms with Crippen molar-refractivity contribution in [1.82, 2.24) is 9.78 Å². The third-order valence-electron chi connectivity index (χ3n) is 3.50. The zero-order valence-corrected chi connectivity index (χ0v) is 10.9. The van der Waals surface area contributed by atoms with Gasteiger partial charge in [-0.15, -0.1) is 0 Å². The first kappa shape index (κ1) is 12.6. The quantitative estimate of drug-likeness (QED) is 0.818. The van der Waals surface area contributed by atoms with Crippen molar-refractivity contribution in [2.45, 2.75) is 45.3 Å². The normalized spacial score (nSPS) is 19.3. The third kappa shape index (κ3) is 2.69. The van der Waals surface area contributed by atoms with Crippen LogP contribution in [0.15, 0.2) is 6.07 Å². The zero-order valence-electron chi connectivity index (χ0n) is 10.9. The van der Waals surface area contributed by atoms with E-state index in [9.17, 15) is 5.11 Å². The first-order valence-corrected chi connectivity index (χ1v) is 6.33. The number of rotatable bonds is 6. The summed E-state index contributed by atoms with van der Waals surface area (Å²) in [5.74, 6) is 0.392. The molecule has 1 fully saturated rings. The van der Waals surface area contributed by atoms with Crippen LogP contribution < -0.4 is 0 Å². The monoisotopic (exact) mass is 238 g/mol. The molecule has 0 saturated heterocycles. The lowest BCUT2D eigenvalue weighted by atomic mass is 9.92. The summed E-state index contributed by atoms with van der Waals surface area (Å²) >= 11 is 0. The van der Waals surface area contributed by atoms with Crippen molar-refractivity contribution in [2.75, 3.05) is 13.7 Å². The van der Waals surface area contributed by atoms with Gasteiger partial charge in [-0.1, -0.05) is 0 Å². The maximum absolute atomic E-state index is 10.7. The first-order valence-electron chi connectivity index (χ1n) is 6.33. The van der Waals surface area contributed by atoms with Gasteiger partial charge >= 0.3 is 0 Å². The van der Waals surface area contributed by atoms with Crippen molar-refractivity contribution >= 4 is 0 Å². The van der Waals surface area contributed by atoms with Crippen LogP contribution in [-0.4, -0.2) is 34.2 Å². The average molecular weight is 238 g/mol. The number of nitrogens with zero attached hydrogens (tertiary/aromatic N) is 2. The molecule has 0 bridgehead atoms. The topological polar surface area (TPSA) is 47.3 Å². The molecule has 1 atom stereocenters. The predicted octanol–water partition coefficient (Wildman–Crippen LogP) is 1.54. The largest absolute Gasteiger partial charge is 0.387 e. The molecule has 0 spiro atoms. The number of ether oxygens (including phenoxy) is 1. The molecule has 4 heteroatoms. The van der Waals surface area contributed by atoms with Gasteiger partial charge in [0.15, 0.2) is 0 Å². The van der Waals surface area contributed by atoms with Crippen LogP contribution in [0.2, 0.25) is 0 Å². The van der Waals surface area contributed by atoms with Gasteiger partial charge < -0.3 is 9.84 Å². The van der Waals surface area contributed by atoms with Gasteiger partial charge in [-0.25, -0.2) is 0 Å². The first-order chi connectivity index (χ1) is 8.09. The minimum Gasteiger partial charge on any atom is -0.387 e. The summed E-state index contributed by atoms with van der Waals surface area (Å²) in [4.78, 5) is 0. The summed E-state index contributed by atoms with van der Waals surface area (Å²) in [5, 5.41) is 15.1. The standard InChI is InChI=1S/C13H22N2O2/c1-4-15-12(7-10(2)14-15)8-13(16,9-17-3)11-5-6-11/h7,11,16H,4-6,8-9H2,1-3H3. The number of aryl methyl sites for hydroxylation is 2. The van der Waals surface area contributed by atoms with Crippen molar-refractivity contribution < 1.29 is 9.84 Å². The lowest BCUT2D eigenvalue weighted by molar-refractivity contribution is -0.0486. The van der Waals surface area contributed by atoms with Crippen molar-refractivity contribution in [1.29, 1.82) is 0 Å². The van der Waals surface area contributed by atoms with E-state index in [2.05, 4.69) is 18.1 Å².